The van der Waals surface area contributed by atoms with Gasteiger partial charge in [-0.3, -0.25) is 0 Å². The number of aromatic nitrogens is 2. The molecule has 1 aliphatic carbocycles. The van der Waals surface area contributed by atoms with Crippen molar-refractivity contribution in [3.8, 4) is 11.1 Å². The number of benzene rings is 1. The van der Waals surface area contributed by atoms with Crippen LogP contribution in [0.4, 0.5) is 39.5 Å². The molecule has 0 bridgehead atoms. The number of nitrogens with zero attached hydrogens (tertiary/aromatic N) is 2. The van der Waals surface area contributed by atoms with Gasteiger partial charge in [0.25, 0.3) is 0 Å². The second kappa shape index (κ2) is 4.61. The number of fused-ring (bicyclic) bond motifs is 3. The molecule has 0 unspecified atom stereocenters. The molecule has 0 spiro atoms. The van der Waals surface area contributed by atoms with E-state index in [-0.39, 0.29) is 0 Å². The first-order valence-corrected chi connectivity index (χ1v) is 6.10. The van der Waals surface area contributed by atoms with Gasteiger partial charge in [0.1, 0.15) is 11.5 Å². The van der Waals surface area contributed by atoms with E-state index in [0.29, 0.717) is 0 Å². The Kier molecular flexibility index (Phi) is 3.17. The van der Waals surface area contributed by atoms with Gasteiger partial charge in [-0.2, -0.15) is 22.0 Å². The number of halogens is 9. The van der Waals surface area contributed by atoms with Crippen LogP contribution in [0.5, 0.6) is 0 Å². The van der Waals surface area contributed by atoms with Crippen LogP contribution in [0.1, 0.15) is 22.8 Å². The first kappa shape index (κ1) is 16.5. The Labute approximate surface area is 127 Å². The van der Waals surface area contributed by atoms with Gasteiger partial charge in [0, 0.05) is 11.1 Å². The van der Waals surface area contributed by atoms with Gasteiger partial charge < -0.3 is 0 Å². The zero-order valence-corrected chi connectivity index (χ0v) is 11.3. The minimum atomic E-state index is -5.34. The van der Waals surface area contributed by atoms with Crippen LogP contribution in [0.2, 0.25) is 0 Å². The van der Waals surface area contributed by atoms with Gasteiger partial charge in [0.05, 0.1) is 5.56 Å². The minimum Gasteiger partial charge on any atom is -0.231 e. The Bertz CT molecular complexity index is 886. The molecule has 1 heterocycles. The van der Waals surface area contributed by atoms with E-state index in [4.69, 9.17) is 0 Å². The summed E-state index contributed by atoms with van der Waals surface area (Å²) in [7, 11) is 0. The third-order valence-corrected chi connectivity index (χ3v) is 3.42. The number of rotatable bonds is 0. The summed E-state index contributed by atoms with van der Waals surface area (Å²) in [6.07, 6.45) is -5.34. The largest absolute Gasteiger partial charge is 0.434 e. The van der Waals surface area contributed by atoms with E-state index >= 15 is 0 Å². The van der Waals surface area contributed by atoms with Crippen molar-refractivity contribution >= 4 is 0 Å². The molecular formula is C13H3F9N2. The average molecular weight is 358 g/mol. The Hall–Kier alpha value is -2.33. The van der Waals surface area contributed by atoms with Gasteiger partial charge >= 0.3 is 12.1 Å². The highest BCUT2D eigenvalue weighted by Crippen LogP contribution is 2.55. The monoisotopic (exact) mass is 358 g/mol. The highest BCUT2D eigenvalue weighted by Gasteiger charge is 2.55. The number of aryl methyl sites for hydroxylation is 1. The van der Waals surface area contributed by atoms with Crippen molar-refractivity contribution in [1.29, 1.82) is 0 Å². The maximum atomic E-state index is 14.3. The smallest absolute Gasteiger partial charge is 0.231 e. The molecule has 0 saturated carbocycles. The first-order valence-electron chi connectivity index (χ1n) is 6.10. The summed E-state index contributed by atoms with van der Waals surface area (Å²) in [5.41, 5.74) is -9.05. The standard InChI is InChI=1S/C13H3F9N2/c1-2-23-10-4(11(24-2)13(20,21)22)3-5(12(10,18)19)7(15)9(17)8(16)6(3)14/h1H3. The van der Waals surface area contributed by atoms with Crippen LogP contribution >= 0.6 is 0 Å². The van der Waals surface area contributed by atoms with E-state index in [1.165, 1.54) is 0 Å². The summed E-state index contributed by atoms with van der Waals surface area (Å²) in [6, 6.07) is 0. The molecule has 0 saturated heterocycles. The minimum absolute atomic E-state index is 0.754. The van der Waals surface area contributed by atoms with Crippen molar-refractivity contribution in [3.05, 3.63) is 46.0 Å². The lowest BCUT2D eigenvalue weighted by Gasteiger charge is -2.14. The predicted molar refractivity (Wildman–Crippen MR) is 60.0 cm³/mol. The molecule has 2 nitrogen and oxygen atoms in total. The molecule has 0 fully saturated rings. The van der Waals surface area contributed by atoms with E-state index in [1.54, 1.807) is 0 Å². The van der Waals surface area contributed by atoms with Crippen LogP contribution < -0.4 is 0 Å². The van der Waals surface area contributed by atoms with Crippen LogP contribution in [-0.2, 0) is 12.1 Å². The molecule has 0 radical (unpaired) electrons. The maximum Gasteiger partial charge on any atom is 0.434 e. The fourth-order valence-corrected chi connectivity index (χ4v) is 2.52. The zero-order chi connectivity index (χ0) is 18.2. The van der Waals surface area contributed by atoms with Crippen molar-refractivity contribution in [2.75, 3.05) is 0 Å². The molecule has 1 aromatic heterocycles. The quantitative estimate of drug-likeness (QED) is 0.394. The van der Waals surface area contributed by atoms with Gasteiger partial charge in [-0.1, -0.05) is 0 Å². The topological polar surface area (TPSA) is 25.8 Å². The molecule has 24 heavy (non-hydrogen) atoms. The van der Waals surface area contributed by atoms with Gasteiger partial charge in [-0.25, -0.2) is 27.5 Å². The summed E-state index contributed by atoms with van der Waals surface area (Å²) in [4.78, 5) is 6.03. The molecule has 128 valence electrons. The average Bonchev–Trinajstić information content (AvgIpc) is 2.69. The van der Waals surface area contributed by atoms with Gasteiger partial charge in [-0.05, 0) is 6.92 Å². The van der Waals surface area contributed by atoms with Gasteiger partial charge in [0.2, 0.25) is 0 Å². The lowest BCUT2D eigenvalue weighted by atomic mass is 10.0. The summed E-state index contributed by atoms with van der Waals surface area (Å²) in [5.74, 6) is -15.3. The molecule has 2 aromatic rings. The van der Waals surface area contributed by atoms with Gasteiger partial charge in [0.15, 0.2) is 29.0 Å². The third-order valence-electron chi connectivity index (χ3n) is 3.42. The lowest BCUT2D eigenvalue weighted by Crippen LogP contribution is -2.19. The van der Waals surface area contributed by atoms with Crippen molar-refractivity contribution in [2.24, 2.45) is 0 Å². The third kappa shape index (κ3) is 1.93. The fourth-order valence-electron chi connectivity index (χ4n) is 2.52. The highest BCUT2D eigenvalue weighted by molar-refractivity contribution is 5.81. The van der Waals surface area contributed by atoms with E-state index in [9.17, 15) is 39.5 Å². The van der Waals surface area contributed by atoms with Crippen LogP contribution in [0.25, 0.3) is 11.1 Å². The fraction of sp³-hybridized carbons (Fsp3) is 0.231. The summed E-state index contributed by atoms with van der Waals surface area (Å²) < 4.78 is 122. The molecule has 0 atom stereocenters. The van der Waals surface area contributed by atoms with Crippen molar-refractivity contribution in [1.82, 2.24) is 9.97 Å². The molecule has 11 heteroatoms. The molecule has 0 aliphatic heterocycles. The second-order valence-corrected chi connectivity index (χ2v) is 4.92. The molecule has 1 aromatic carbocycles. The molecular weight excluding hydrogens is 355 g/mol. The summed E-state index contributed by atoms with van der Waals surface area (Å²) in [5, 5.41) is 0. The Morgan fingerprint density at radius 2 is 1.33 bits per heavy atom. The zero-order valence-electron chi connectivity index (χ0n) is 11.3. The van der Waals surface area contributed by atoms with Crippen molar-refractivity contribution < 1.29 is 39.5 Å². The maximum absolute atomic E-state index is 14.3. The highest BCUT2D eigenvalue weighted by atomic mass is 19.4. The SMILES string of the molecule is Cc1nc(C(F)(F)F)c2c(n1)C(F)(F)c1c(F)c(F)c(F)c(F)c1-2. The van der Waals surface area contributed by atoms with Crippen LogP contribution in [0.15, 0.2) is 0 Å². The Morgan fingerprint density at radius 3 is 1.88 bits per heavy atom. The number of alkyl halides is 5. The molecule has 3 rings (SSSR count). The summed E-state index contributed by atoms with van der Waals surface area (Å²) in [6.45, 7) is 0.850. The normalized spacial score (nSPS) is 15.4. The number of hydrogen-bond donors (Lipinski definition) is 0. The van der Waals surface area contributed by atoms with Gasteiger partial charge in [-0.15, -0.1) is 0 Å². The van der Waals surface area contributed by atoms with E-state index in [2.05, 4.69) is 9.97 Å². The Morgan fingerprint density at radius 1 is 0.792 bits per heavy atom. The van der Waals surface area contributed by atoms with E-state index in [0.717, 1.165) is 6.92 Å². The second-order valence-electron chi connectivity index (χ2n) is 4.92. The first-order chi connectivity index (χ1) is 10.9. The van der Waals surface area contributed by atoms with Crippen LogP contribution in [-0.4, -0.2) is 9.97 Å². The van der Waals surface area contributed by atoms with Crippen LogP contribution in [0, 0.1) is 30.2 Å². The van der Waals surface area contributed by atoms with Crippen molar-refractivity contribution in [2.45, 2.75) is 19.0 Å². The summed E-state index contributed by atoms with van der Waals surface area (Å²) >= 11 is 0. The van der Waals surface area contributed by atoms with E-state index < -0.39 is 69.3 Å². The Balaban J connectivity index is 2.58. The van der Waals surface area contributed by atoms with Crippen LogP contribution in [0.3, 0.4) is 0 Å². The predicted octanol–water partition coefficient (Wildman–Crippen LogP) is 4.48. The molecule has 1 aliphatic rings. The molecule has 0 amide bonds. The number of hydrogen-bond acceptors (Lipinski definition) is 2. The van der Waals surface area contributed by atoms with E-state index in [1.807, 2.05) is 0 Å². The molecule has 0 N–H and O–H groups in total. The lowest BCUT2D eigenvalue weighted by molar-refractivity contribution is -0.140. The van der Waals surface area contributed by atoms with Crippen molar-refractivity contribution in [3.63, 3.8) is 0 Å².